The van der Waals surface area contributed by atoms with E-state index < -0.39 is 0 Å². The SMILES string of the molecule is Nc1ccccc1-c1nc2c(-c3cccc4c3oc3ccccc34)cc(-c3cccc4c3oc3ccccc34)cc2s1. The van der Waals surface area contributed by atoms with Gasteiger partial charge in [-0.15, -0.1) is 11.3 Å². The fourth-order valence-corrected chi connectivity index (χ4v) is 7.21. The number of aromatic nitrogens is 1. The number of benzene rings is 6. The molecule has 0 saturated carbocycles. The number of nitrogens with two attached hydrogens (primary N) is 1. The fourth-order valence-electron chi connectivity index (χ4n) is 6.13. The monoisotopic (exact) mass is 558 g/mol. The van der Waals surface area contributed by atoms with Gasteiger partial charge in [-0.1, -0.05) is 84.9 Å². The van der Waals surface area contributed by atoms with Crippen molar-refractivity contribution in [1.82, 2.24) is 4.98 Å². The minimum atomic E-state index is 0.713. The van der Waals surface area contributed by atoms with Crippen LogP contribution in [-0.2, 0) is 0 Å². The maximum atomic E-state index is 6.49. The van der Waals surface area contributed by atoms with Crippen LogP contribution in [0.2, 0.25) is 0 Å². The van der Waals surface area contributed by atoms with Crippen LogP contribution in [0.4, 0.5) is 5.69 Å². The first-order valence-electron chi connectivity index (χ1n) is 13.8. The quantitative estimate of drug-likeness (QED) is 0.219. The van der Waals surface area contributed by atoms with Crippen molar-refractivity contribution in [3.8, 4) is 32.8 Å². The Labute approximate surface area is 244 Å². The number of fused-ring (bicyclic) bond motifs is 7. The van der Waals surface area contributed by atoms with Crippen LogP contribution in [0.3, 0.4) is 0 Å². The first-order valence-corrected chi connectivity index (χ1v) is 14.7. The number of furan rings is 2. The molecule has 4 nitrogen and oxygen atoms in total. The summed E-state index contributed by atoms with van der Waals surface area (Å²) in [6.45, 7) is 0. The largest absolute Gasteiger partial charge is 0.455 e. The van der Waals surface area contributed by atoms with Crippen molar-refractivity contribution in [3.05, 3.63) is 121 Å². The highest BCUT2D eigenvalue weighted by atomic mass is 32.1. The first kappa shape index (κ1) is 23.3. The van der Waals surface area contributed by atoms with Crippen molar-refractivity contribution in [2.24, 2.45) is 0 Å². The van der Waals surface area contributed by atoms with Gasteiger partial charge in [0.2, 0.25) is 0 Å². The molecule has 0 spiro atoms. The zero-order valence-electron chi connectivity index (χ0n) is 22.3. The third-order valence-corrected chi connectivity index (χ3v) is 9.13. The number of hydrogen-bond acceptors (Lipinski definition) is 5. The lowest BCUT2D eigenvalue weighted by Crippen LogP contribution is -1.89. The van der Waals surface area contributed by atoms with Crippen molar-refractivity contribution >= 4 is 71.1 Å². The summed E-state index contributed by atoms with van der Waals surface area (Å²) in [6, 6.07) is 41.4. The normalized spacial score (nSPS) is 11.9. The molecule has 42 heavy (non-hydrogen) atoms. The number of anilines is 1. The molecular formula is C37H22N2O2S. The molecule has 0 radical (unpaired) electrons. The van der Waals surface area contributed by atoms with E-state index in [4.69, 9.17) is 19.6 Å². The van der Waals surface area contributed by atoms with Gasteiger partial charge in [0.1, 0.15) is 27.3 Å². The summed E-state index contributed by atoms with van der Waals surface area (Å²) in [7, 11) is 0. The van der Waals surface area contributed by atoms with Gasteiger partial charge in [-0.25, -0.2) is 4.98 Å². The van der Waals surface area contributed by atoms with E-state index in [-0.39, 0.29) is 0 Å². The first-order chi connectivity index (χ1) is 20.7. The molecule has 0 bridgehead atoms. The zero-order chi connectivity index (χ0) is 27.8. The van der Waals surface area contributed by atoms with Gasteiger partial charge in [0.25, 0.3) is 0 Å². The van der Waals surface area contributed by atoms with Crippen LogP contribution in [0.25, 0.3) is 86.9 Å². The van der Waals surface area contributed by atoms with E-state index in [1.807, 2.05) is 54.6 Å². The highest BCUT2D eigenvalue weighted by Gasteiger charge is 2.20. The molecular weight excluding hydrogens is 536 g/mol. The van der Waals surface area contributed by atoms with Crippen molar-refractivity contribution in [2.45, 2.75) is 0 Å². The molecule has 3 heterocycles. The molecule has 198 valence electrons. The van der Waals surface area contributed by atoms with Gasteiger partial charge in [0.15, 0.2) is 0 Å². The topological polar surface area (TPSA) is 65.2 Å². The van der Waals surface area contributed by atoms with Crippen LogP contribution in [-0.4, -0.2) is 4.98 Å². The number of nitrogens with zero attached hydrogens (tertiary/aromatic N) is 1. The van der Waals surface area contributed by atoms with Crippen molar-refractivity contribution in [2.75, 3.05) is 5.73 Å². The third-order valence-electron chi connectivity index (χ3n) is 8.10. The summed E-state index contributed by atoms with van der Waals surface area (Å²) < 4.78 is 14.0. The lowest BCUT2D eigenvalue weighted by atomic mass is 9.95. The Bertz CT molecular complexity index is 2500. The second-order valence-corrected chi connectivity index (χ2v) is 11.6. The summed E-state index contributed by atoms with van der Waals surface area (Å²) in [5.41, 5.74) is 16.6. The van der Waals surface area contributed by atoms with Gasteiger partial charge < -0.3 is 14.6 Å². The Morgan fingerprint density at radius 2 is 1.10 bits per heavy atom. The van der Waals surface area contributed by atoms with E-state index in [0.29, 0.717) is 5.69 Å². The molecule has 0 atom stereocenters. The second kappa shape index (κ2) is 8.80. The highest BCUT2D eigenvalue weighted by molar-refractivity contribution is 7.21. The lowest BCUT2D eigenvalue weighted by molar-refractivity contribution is 0.670. The number of thiazole rings is 1. The molecule has 0 unspecified atom stereocenters. The standard InChI is InChI=1S/C37H22N2O2S/c38-30-16-4-1-11-28(30)37-39-34-29(27-15-8-14-26-24-10-3-6-18-32(24)41-36(26)27)19-21(20-33(34)42-37)22-12-7-13-25-23-9-2-5-17-31(23)40-35(22)25/h1-20H,38H2. The molecule has 2 N–H and O–H groups in total. The molecule has 0 aliphatic heterocycles. The summed E-state index contributed by atoms with van der Waals surface area (Å²) in [5, 5.41) is 5.29. The van der Waals surface area contributed by atoms with Gasteiger partial charge >= 0.3 is 0 Å². The van der Waals surface area contributed by atoms with Crippen molar-refractivity contribution in [3.63, 3.8) is 0 Å². The maximum Gasteiger partial charge on any atom is 0.143 e. The van der Waals surface area contributed by atoms with E-state index in [9.17, 15) is 0 Å². The van der Waals surface area contributed by atoms with E-state index in [0.717, 1.165) is 86.9 Å². The molecule has 0 saturated heterocycles. The van der Waals surface area contributed by atoms with Gasteiger partial charge in [0, 0.05) is 49.5 Å². The van der Waals surface area contributed by atoms with Gasteiger partial charge in [-0.3, -0.25) is 0 Å². The van der Waals surface area contributed by atoms with Gasteiger partial charge in [-0.2, -0.15) is 0 Å². The molecule has 0 amide bonds. The lowest BCUT2D eigenvalue weighted by Gasteiger charge is -2.09. The molecule has 3 aromatic heterocycles. The fraction of sp³-hybridized carbons (Fsp3) is 0. The Hall–Kier alpha value is -5.39. The molecule has 0 aliphatic rings. The van der Waals surface area contributed by atoms with Crippen LogP contribution in [0.5, 0.6) is 0 Å². The van der Waals surface area contributed by atoms with Crippen LogP contribution in [0.15, 0.2) is 130 Å². The second-order valence-electron chi connectivity index (χ2n) is 10.5. The van der Waals surface area contributed by atoms with Gasteiger partial charge in [-0.05, 0) is 42.0 Å². The van der Waals surface area contributed by atoms with E-state index in [2.05, 4.69) is 66.7 Å². The predicted octanol–water partition coefficient (Wildman–Crippen LogP) is 10.7. The molecule has 5 heteroatoms. The minimum Gasteiger partial charge on any atom is -0.455 e. The number of nitrogen functional groups attached to an aromatic ring is 1. The Balaban J connectivity index is 1.37. The Kier molecular flexibility index (Phi) is 4.89. The number of para-hydroxylation sites is 5. The Morgan fingerprint density at radius 3 is 1.81 bits per heavy atom. The maximum absolute atomic E-state index is 6.49. The zero-order valence-corrected chi connectivity index (χ0v) is 23.1. The summed E-state index contributed by atoms with van der Waals surface area (Å²) in [5.74, 6) is 0. The number of hydrogen-bond donors (Lipinski definition) is 1. The minimum absolute atomic E-state index is 0.713. The van der Waals surface area contributed by atoms with Crippen molar-refractivity contribution in [1.29, 1.82) is 0 Å². The smallest absolute Gasteiger partial charge is 0.143 e. The average molecular weight is 559 g/mol. The van der Waals surface area contributed by atoms with Crippen LogP contribution < -0.4 is 5.73 Å². The Morgan fingerprint density at radius 1 is 0.524 bits per heavy atom. The summed E-state index contributed by atoms with van der Waals surface area (Å²) >= 11 is 1.65. The third kappa shape index (κ3) is 3.38. The van der Waals surface area contributed by atoms with Crippen LogP contribution >= 0.6 is 11.3 Å². The summed E-state index contributed by atoms with van der Waals surface area (Å²) in [4.78, 5) is 5.19. The van der Waals surface area contributed by atoms with E-state index >= 15 is 0 Å². The number of rotatable bonds is 3. The van der Waals surface area contributed by atoms with Crippen LogP contribution in [0.1, 0.15) is 0 Å². The molecule has 0 fully saturated rings. The highest BCUT2D eigenvalue weighted by Crippen LogP contribution is 2.45. The molecule has 0 aliphatic carbocycles. The average Bonchev–Trinajstić information content (AvgIpc) is 3.74. The predicted molar refractivity (Wildman–Crippen MR) is 175 cm³/mol. The van der Waals surface area contributed by atoms with E-state index in [1.165, 1.54) is 0 Å². The molecule has 9 aromatic rings. The van der Waals surface area contributed by atoms with Crippen LogP contribution in [0, 0.1) is 0 Å². The van der Waals surface area contributed by atoms with Gasteiger partial charge in [0.05, 0.1) is 10.2 Å². The van der Waals surface area contributed by atoms with Crippen molar-refractivity contribution < 1.29 is 8.83 Å². The summed E-state index contributed by atoms with van der Waals surface area (Å²) in [6.07, 6.45) is 0. The molecule has 9 rings (SSSR count). The molecule has 6 aromatic carbocycles. The van der Waals surface area contributed by atoms with E-state index in [1.54, 1.807) is 11.3 Å².